The average Bonchev–Trinajstić information content (AvgIpc) is 2.79. The van der Waals surface area contributed by atoms with Crippen LogP contribution in [0.2, 0.25) is 0 Å². The maximum atomic E-state index is 13.7. The van der Waals surface area contributed by atoms with Crippen molar-refractivity contribution in [2.45, 2.75) is 0 Å². The topological polar surface area (TPSA) is 80.5 Å². The fourth-order valence-corrected chi connectivity index (χ4v) is 1.73. The van der Waals surface area contributed by atoms with Gasteiger partial charge in [0.1, 0.15) is 11.2 Å². The summed E-state index contributed by atoms with van der Waals surface area (Å²) in [6, 6.07) is 3.85. The second-order valence-electron chi connectivity index (χ2n) is 3.63. The highest BCUT2D eigenvalue weighted by atomic mass is 19.2. The van der Waals surface area contributed by atoms with E-state index in [1.807, 2.05) is 0 Å². The van der Waals surface area contributed by atoms with Crippen LogP contribution in [0.1, 0.15) is 0 Å². The number of nitrogen functional groups attached to an aromatic ring is 1. The molecule has 7 heteroatoms. The second-order valence-corrected chi connectivity index (χ2v) is 3.63. The van der Waals surface area contributed by atoms with Crippen molar-refractivity contribution in [2.75, 3.05) is 5.73 Å². The van der Waals surface area contributed by atoms with Crippen LogP contribution in [-0.2, 0) is 0 Å². The lowest BCUT2D eigenvalue weighted by Crippen LogP contribution is -1.99. The van der Waals surface area contributed by atoms with Crippen molar-refractivity contribution in [2.24, 2.45) is 0 Å². The molecule has 0 bridgehead atoms. The number of nitrogens with zero attached hydrogens (tertiary/aromatic N) is 3. The number of nitrogens with two attached hydrogens (primary N) is 1. The highest BCUT2D eigenvalue weighted by Gasteiger charge is 2.16. The summed E-state index contributed by atoms with van der Waals surface area (Å²) in [6.07, 6.45) is 1.39. The lowest BCUT2D eigenvalue weighted by Gasteiger charge is -2.05. The van der Waals surface area contributed by atoms with Crippen molar-refractivity contribution >= 4 is 17.1 Å². The average molecular weight is 247 g/mol. The van der Waals surface area contributed by atoms with Crippen LogP contribution in [0.25, 0.3) is 22.4 Å². The van der Waals surface area contributed by atoms with E-state index < -0.39 is 11.6 Å². The van der Waals surface area contributed by atoms with Crippen LogP contribution in [0.5, 0.6) is 0 Å². The first-order valence-electron chi connectivity index (χ1n) is 5.08. The molecule has 0 fully saturated rings. The largest absolute Gasteiger partial charge is 0.368 e. The number of aromatic amines is 1. The van der Waals surface area contributed by atoms with Gasteiger partial charge in [-0.2, -0.15) is 4.98 Å². The van der Waals surface area contributed by atoms with Gasteiger partial charge in [0.05, 0.1) is 6.33 Å². The molecule has 1 aromatic carbocycles. The van der Waals surface area contributed by atoms with Crippen molar-refractivity contribution < 1.29 is 8.78 Å². The van der Waals surface area contributed by atoms with E-state index >= 15 is 0 Å². The molecule has 18 heavy (non-hydrogen) atoms. The van der Waals surface area contributed by atoms with Crippen molar-refractivity contribution in [1.29, 1.82) is 0 Å². The maximum Gasteiger partial charge on any atom is 0.222 e. The van der Waals surface area contributed by atoms with E-state index in [0.717, 1.165) is 6.07 Å². The van der Waals surface area contributed by atoms with Gasteiger partial charge in [-0.05, 0) is 12.1 Å². The van der Waals surface area contributed by atoms with Gasteiger partial charge >= 0.3 is 0 Å². The van der Waals surface area contributed by atoms with Crippen LogP contribution >= 0.6 is 0 Å². The van der Waals surface area contributed by atoms with Crippen LogP contribution in [-0.4, -0.2) is 19.9 Å². The fraction of sp³-hybridized carbons (Fsp3) is 0. The predicted molar refractivity (Wildman–Crippen MR) is 61.4 cm³/mol. The van der Waals surface area contributed by atoms with Crippen LogP contribution < -0.4 is 5.73 Å². The van der Waals surface area contributed by atoms with Gasteiger partial charge < -0.3 is 10.7 Å². The lowest BCUT2D eigenvalue weighted by molar-refractivity contribution is 0.511. The lowest BCUT2D eigenvalue weighted by atomic mass is 10.1. The molecule has 0 aliphatic heterocycles. The molecule has 0 atom stereocenters. The molecule has 0 saturated carbocycles. The summed E-state index contributed by atoms with van der Waals surface area (Å²) in [5, 5.41) is 0. The number of fused-ring (bicyclic) bond motifs is 1. The van der Waals surface area contributed by atoms with Crippen molar-refractivity contribution in [3.63, 3.8) is 0 Å². The number of H-pyrrole nitrogens is 1. The van der Waals surface area contributed by atoms with Crippen LogP contribution in [0, 0.1) is 11.6 Å². The van der Waals surface area contributed by atoms with E-state index in [2.05, 4.69) is 19.9 Å². The van der Waals surface area contributed by atoms with Gasteiger partial charge in [-0.3, -0.25) is 0 Å². The first-order valence-corrected chi connectivity index (χ1v) is 5.08. The number of hydrogen-bond donors (Lipinski definition) is 2. The third-order valence-electron chi connectivity index (χ3n) is 2.51. The molecule has 0 aliphatic carbocycles. The Morgan fingerprint density at radius 2 is 2.00 bits per heavy atom. The van der Waals surface area contributed by atoms with Crippen LogP contribution in [0.3, 0.4) is 0 Å². The number of nitrogens with one attached hydrogen (secondary N) is 1. The Kier molecular flexibility index (Phi) is 2.19. The number of aromatic nitrogens is 4. The molecule has 90 valence electrons. The Labute approximate surface area is 99.7 Å². The molecule has 3 rings (SSSR count). The molecular formula is C11H7F2N5. The van der Waals surface area contributed by atoms with Gasteiger partial charge in [-0.15, -0.1) is 0 Å². The predicted octanol–water partition coefficient (Wildman–Crippen LogP) is 1.88. The van der Waals surface area contributed by atoms with Crippen molar-refractivity contribution in [3.8, 4) is 11.3 Å². The zero-order valence-corrected chi connectivity index (χ0v) is 8.98. The monoisotopic (exact) mass is 247 g/mol. The minimum atomic E-state index is -0.980. The highest BCUT2D eigenvalue weighted by Crippen LogP contribution is 2.27. The molecule has 0 unspecified atom stereocenters. The molecule has 3 aromatic rings. The summed E-state index contributed by atoms with van der Waals surface area (Å²) >= 11 is 0. The summed E-state index contributed by atoms with van der Waals surface area (Å²) in [4.78, 5) is 14.5. The first-order chi connectivity index (χ1) is 8.66. The standard InChI is InChI=1S/C11H7F2N5/c12-6-3-1-2-5(7(6)13)8-9-10(16-4-15-9)18-11(14)17-8/h1-4H,(H3,14,15,16,17,18). The number of rotatable bonds is 1. The molecule has 5 nitrogen and oxygen atoms in total. The van der Waals surface area contributed by atoms with E-state index in [9.17, 15) is 8.78 Å². The molecule has 2 heterocycles. The van der Waals surface area contributed by atoms with Crippen molar-refractivity contribution in [1.82, 2.24) is 19.9 Å². The molecule has 0 aliphatic rings. The summed E-state index contributed by atoms with van der Waals surface area (Å²) in [7, 11) is 0. The zero-order valence-electron chi connectivity index (χ0n) is 8.98. The van der Waals surface area contributed by atoms with Gasteiger partial charge in [0.2, 0.25) is 5.95 Å². The van der Waals surface area contributed by atoms with Crippen LogP contribution in [0.4, 0.5) is 14.7 Å². The molecular weight excluding hydrogens is 240 g/mol. The smallest absolute Gasteiger partial charge is 0.222 e. The summed E-state index contributed by atoms with van der Waals surface area (Å²) in [5.41, 5.74) is 6.43. The Balaban J connectivity index is 2.37. The van der Waals surface area contributed by atoms with Crippen molar-refractivity contribution in [3.05, 3.63) is 36.2 Å². The third kappa shape index (κ3) is 1.48. The minimum Gasteiger partial charge on any atom is -0.368 e. The van der Waals surface area contributed by atoms with E-state index in [0.29, 0.717) is 11.2 Å². The fourth-order valence-electron chi connectivity index (χ4n) is 1.73. The highest BCUT2D eigenvalue weighted by molar-refractivity contribution is 5.87. The first kappa shape index (κ1) is 10.6. The normalized spacial score (nSPS) is 11.0. The SMILES string of the molecule is Nc1nc(-c2cccc(F)c2F)c2[nH]cnc2n1. The zero-order chi connectivity index (χ0) is 12.7. The number of imidazole rings is 1. The molecule has 2 aromatic heterocycles. The Morgan fingerprint density at radius 1 is 1.17 bits per heavy atom. The van der Waals surface area contributed by atoms with E-state index in [1.54, 1.807) is 0 Å². The van der Waals surface area contributed by atoms with E-state index in [-0.39, 0.29) is 17.2 Å². The third-order valence-corrected chi connectivity index (χ3v) is 2.51. The summed E-state index contributed by atoms with van der Waals surface area (Å²) < 4.78 is 27.0. The molecule has 0 spiro atoms. The summed E-state index contributed by atoms with van der Waals surface area (Å²) in [5.74, 6) is -1.97. The van der Waals surface area contributed by atoms with E-state index in [1.165, 1.54) is 18.5 Å². The van der Waals surface area contributed by atoms with E-state index in [4.69, 9.17) is 5.73 Å². The number of hydrogen-bond acceptors (Lipinski definition) is 4. The maximum absolute atomic E-state index is 13.7. The quantitative estimate of drug-likeness (QED) is 0.688. The molecule has 0 amide bonds. The number of halogens is 2. The van der Waals surface area contributed by atoms with Gasteiger partial charge in [0, 0.05) is 5.56 Å². The molecule has 0 radical (unpaired) electrons. The van der Waals surface area contributed by atoms with Gasteiger partial charge in [0.15, 0.2) is 17.3 Å². The van der Waals surface area contributed by atoms with Crippen LogP contribution in [0.15, 0.2) is 24.5 Å². The Bertz CT molecular complexity index is 737. The number of benzene rings is 1. The molecule has 0 saturated heterocycles. The number of anilines is 1. The Hall–Kier alpha value is -2.57. The minimum absolute atomic E-state index is 0.0124. The summed E-state index contributed by atoms with van der Waals surface area (Å²) in [6.45, 7) is 0. The Morgan fingerprint density at radius 3 is 2.83 bits per heavy atom. The van der Waals surface area contributed by atoms with Gasteiger partial charge in [-0.1, -0.05) is 6.07 Å². The second kappa shape index (κ2) is 3.73. The van der Waals surface area contributed by atoms with Gasteiger partial charge in [-0.25, -0.2) is 18.7 Å². The molecule has 3 N–H and O–H groups in total. The van der Waals surface area contributed by atoms with Gasteiger partial charge in [0.25, 0.3) is 0 Å².